The summed E-state index contributed by atoms with van der Waals surface area (Å²) in [7, 11) is 0. The number of fused-ring (bicyclic) bond motifs is 2. The lowest BCUT2D eigenvalue weighted by molar-refractivity contribution is -0.145. The van der Waals surface area contributed by atoms with Crippen LogP contribution < -0.4 is 15.1 Å². The van der Waals surface area contributed by atoms with Crippen LogP contribution in [0.1, 0.15) is 44.7 Å². The standard InChI is InChI=1S/C37H44N4O7/c1-3-39(4-2)26-15-17-27(18-16-26)40-21-10-6-9-14-30(43)47-24-28(25-12-7-5-8-13-25)38-34(44)31-29-19-20-37(48-29)32(31)35(45)41(22-11-23-42)33(37)36(40)46/h5-8,10,12-13,15-20,28-29,31-33,42H,3-4,9,11,14,21-24H2,1-2H3,(H,38,44)/b10-6-/t28-,29-,31+,32+,33-,37+/m1/s1. The molecule has 5 bridgehead atoms. The van der Waals surface area contributed by atoms with Crippen molar-refractivity contribution in [1.29, 1.82) is 0 Å². The molecule has 6 atom stereocenters. The van der Waals surface area contributed by atoms with Crippen LogP contribution in [-0.2, 0) is 28.7 Å². The topological polar surface area (TPSA) is 129 Å². The molecule has 254 valence electrons. The van der Waals surface area contributed by atoms with E-state index in [1.807, 2.05) is 66.7 Å². The van der Waals surface area contributed by atoms with Crippen molar-refractivity contribution in [1.82, 2.24) is 10.2 Å². The van der Waals surface area contributed by atoms with Gasteiger partial charge >= 0.3 is 5.97 Å². The van der Waals surface area contributed by atoms with Crippen molar-refractivity contribution in [3.05, 3.63) is 84.5 Å². The van der Waals surface area contributed by atoms with Gasteiger partial charge < -0.3 is 34.6 Å². The third-order valence-electron chi connectivity index (χ3n) is 9.92. The second-order valence-electron chi connectivity index (χ2n) is 12.6. The van der Waals surface area contributed by atoms with Crippen LogP contribution in [0.4, 0.5) is 11.4 Å². The largest absolute Gasteiger partial charge is 0.463 e. The fraction of sp³-hybridized carbons (Fsp3) is 0.459. The fourth-order valence-electron chi connectivity index (χ4n) is 7.55. The molecule has 0 aromatic heterocycles. The summed E-state index contributed by atoms with van der Waals surface area (Å²) in [5.41, 5.74) is 1.06. The number of carbonyl (C=O) groups excluding carboxylic acids is 4. The number of carbonyl (C=O) groups is 4. The van der Waals surface area contributed by atoms with Crippen molar-refractivity contribution in [2.45, 2.75) is 56.9 Å². The predicted octanol–water partition coefficient (Wildman–Crippen LogP) is 3.15. The Morgan fingerprint density at radius 3 is 2.44 bits per heavy atom. The molecule has 2 N–H and O–H groups in total. The number of nitrogens with zero attached hydrogens (tertiary/aromatic N) is 3. The summed E-state index contributed by atoms with van der Waals surface area (Å²) in [6.45, 7) is 5.92. The van der Waals surface area contributed by atoms with Gasteiger partial charge in [0.15, 0.2) is 0 Å². The lowest BCUT2D eigenvalue weighted by atomic mass is 9.74. The van der Waals surface area contributed by atoms with E-state index in [2.05, 4.69) is 24.1 Å². The Labute approximate surface area is 281 Å². The van der Waals surface area contributed by atoms with Gasteiger partial charge in [-0.15, -0.1) is 0 Å². The third-order valence-corrected chi connectivity index (χ3v) is 9.92. The van der Waals surface area contributed by atoms with Crippen LogP contribution in [0.3, 0.4) is 0 Å². The number of nitrogens with one attached hydrogen (secondary N) is 1. The van der Waals surface area contributed by atoms with Gasteiger partial charge in [-0.1, -0.05) is 54.6 Å². The highest BCUT2D eigenvalue weighted by Gasteiger charge is 2.73. The van der Waals surface area contributed by atoms with Gasteiger partial charge in [0.2, 0.25) is 11.8 Å². The van der Waals surface area contributed by atoms with Crippen molar-refractivity contribution in [2.24, 2.45) is 11.8 Å². The van der Waals surface area contributed by atoms with Crippen molar-refractivity contribution in [3.8, 4) is 0 Å². The smallest absolute Gasteiger partial charge is 0.306 e. The highest BCUT2D eigenvalue weighted by Crippen LogP contribution is 2.55. The highest BCUT2D eigenvalue weighted by molar-refractivity contribution is 6.05. The molecule has 4 aliphatic rings. The van der Waals surface area contributed by atoms with Crippen LogP contribution in [-0.4, -0.2) is 90.8 Å². The molecule has 0 saturated carbocycles. The second-order valence-corrected chi connectivity index (χ2v) is 12.6. The minimum absolute atomic E-state index is 0.0723. The van der Waals surface area contributed by atoms with E-state index in [0.29, 0.717) is 12.1 Å². The van der Waals surface area contributed by atoms with Crippen LogP contribution in [0, 0.1) is 11.8 Å². The Morgan fingerprint density at radius 2 is 1.73 bits per heavy atom. The zero-order chi connectivity index (χ0) is 33.8. The van der Waals surface area contributed by atoms with Gasteiger partial charge in [0.1, 0.15) is 18.2 Å². The Hall–Kier alpha value is -4.48. The summed E-state index contributed by atoms with van der Waals surface area (Å²) in [4.78, 5) is 61.4. The van der Waals surface area contributed by atoms with Gasteiger partial charge in [0.25, 0.3) is 5.91 Å². The Balaban J connectivity index is 1.40. The van der Waals surface area contributed by atoms with Crippen LogP contribution in [0.5, 0.6) is 0 Å². The van der Waals surface area contributed by atoms with Crippen LogP contribution in [0.15, 0.2) is 78.9 Å². The summed E-state index contributed by atoms with van der Waals surface area (Å²) < 4.78 is 12.2. The van der Waals surface area contributed by atoms with Gasteiger partial charge in [-0.3, -0.25) is 19.2 Å². The lowest BCUT2D eigenvalue weighted by Crippen LogP contribution is -2.56. The molecule has 4 heterocycles. The maximum absolute atomic E-state index is 14.9. The van der Waals surface area contributed by atoms with E-state index in [1.165, 1.54) is 4.90 Å². The van der Waals surface area contributed by atoms with E-state index in [9.17, 15) is 24.3 Å². The number of rotatable bonds is 8. The normalized spacial score (nSPS) is 29.5. The number of cyclic esters (lactones) is 1. The Morgan fingerprint density at radius 1 is 0.979 bits per heavy atom. The van der Waals surface area contributed by atoms with Crippen molar-refractivity contribution >= 4 is 35.1 Å². The molecule has 3 amide bonds. The number of amides is 3. The molecule has 0 unspecified atom stereocenters. The maximum atomic E-state index is 14.9. The van der Waals surface area contributed by atoms with Crippen molar-refractivity contribution in [3.63, 3.8) is 0 Å². The molecule has 2 aromatic carbocycles. The van der Waals surface area contributed by atoms with Crippen LogP contribution in [0.25, 0.3) is 0 Å². The summed E-state index contributed by atoms with van der Waals surface area (Å²) in [6.07, 6.45) is 7.34. The summed E-state index contributed by atoms with van der Waals surface area (Å²) in [5, 5.41) is 12.8. The van der Waals surface area contributed by atoms with Crippen LogP contribution >= 0.6 is 0 Å². The van der Waals surface area contributed by atoms with Gasteiger partial charge in [-0.2, -0.15) is 0 Å². The molecule has 2 saturated heterocycles. The Kier molecular flexibility index (Phi) is 9.98. The van der Waals surface area contributed by atoms with E-state index < -0.39 is 47.5 Å². The maximum Gasteiger partial charge on any atom is 0.306 e. The molecule has 0 aliphatic carbocycles. The SMILES string of the molecule is CCN(CC)c1ccc(N2C/C=C\CCC(=O)OC[C@H](c3ccccc3)NC(=O)[C@@H]3[C@H]4C(=O)N(CCCO)[C@H](C2=O)[C@]42C=C[C@H]3O2)cc1. The molecule has 48 heavy (non-hydrogen) atoms. The van der Waals surface area contributed by atoms with Crippen molar-refractivity contribution in [2.75, 3.05) is 49.2 Å². The average molecular weight is 657 g/mol. The fourth-order valence-corrected chi connectivity index (χ4v) is 7.55. The third kappa shape index (κ3) is 6.12. The number of ether oxygens (including phenoxy) is 2. The highest BCUT2D eigenvalue weighted by atomic mass is 16.5. The molecule has 6 rings (SSSR count). The van der Waals surface area contributed by atoms with E-state index in [-0.39, 0.29) is 51.0 Å². The lowest BCUT2D eigenvalue weighted by Gasteiger charge is -2.36. The van der Waals surface area contributed by atoms with E-state index in [1.54, 1.807) is 17.1 Å². The number of likely N-dealkylation sites (tertiary alicyclic amines) is 1. The number of allylic oxidation sites excluding steroid dienone is 1. The number of aliphatic hydroxyl groups is 1. The van der Waals surface area contributed by atoms with Crippen LogP contribution in [0.2, 0.25) is 0 Å². The molecular formula is C37H44N4O7. The van der Waals surface area contributed by atoms with Gasteiger partial charge in [0, 0.05) is 50.6 Å². The second kappa shape index (κ2) is 14.3. The first-order valence-corrected chi connectivity index (χ1v) is 16.9. The number of anilines is 2. The summed E-state index contributed by atoms with van der Waals surface area (Å²) in [6, 6.07) is 15.3. The molecule has 1 spiro atoms. The Bertz CT molecular complexity index is 1560. The van der Waals surface area contributed by atoms with Gasteiger partial charge in [-0.05, 0) is 56.5 Å². The van der Waals surface area contributed by atoms with Crippen molar-refractivity contribution < 1.29 is 33.8 Å². The first kappa shape index (κ1) is 33.4. The van der Waals surface area contributed by atoms with E-state index in [4.69, 9.17) is 9.47 Å². The van der Waals surface area contributed by atoms with E-state index in [0.717, 1.165) is 24.3 Å². The predicted molar refractivity (Wildman–Crippen MR) is 180 cm³/mol. The minimum Gasteiger partial charge on any atom is -0.463 e. The molecule has 11 nitrogen and oxygen atoms in total. The van der Waals surface area contributed by atoms with Gasteiger partial charge in [-0.25, -0.2) is 0 Å². The molecular weight excluding hydrogens is 612 g/mol. The summed E-state index contributed by atoms with van der Waals surface area (Å²) >= 11 is 0. The number of hydrogen-bond acceptors (Lipinski definition) is 8. The molecule has 2 fully saturated rings. The number of aliphatic hydroxyl groups excluding tert-OH is 1. The first-order chi connectivity index (χ1) is 23.3. The zero-order valence-corrected chi connectivity index (χ0v) is 27.5. The minimum atomic E-state index is -1.36. The monoisotopic (exact) mass is 656 g/mol. The molecule has 0 radical (unpaired) electrons. The van der Waals surface area contributed by atoms with Gasteiger partial charge in [0.05, 0.1) is 24.0 Å². The number of esters is 1. The molecule has 4 aliphatic heterocycles. The quantitative estimate of drug-likeness (QED) is 0.328. The number of benzene rings is 2. The zero-order valence-electron chi connectivity index (χ0n) is 27.5. The first-order valence-electron chi connectivity index (χ1n) is 16.9. The summed E-state index contributed by atoms with van der Waals surface area (Å²) in [5.74, 6) is -3.38. The molecule has 11 heteroatoms. The van der Waals surface area contributed by atoms with E-state index >= 15 is 0 Å². The average Bonchev–Trinajstić information content (AvgIpc) is 3.75. The number of hydrogen-bond donors (Lipinski definition) is 2. The molecule has 2 aromatic rings.